The smallest absolute Gasteiger partial charge is 0.357 e. The van der Waals surface area contributed by atoms with Crippen LogP contribution in [0.1, 0.15) is 31.8 Å². The Morgan fingerprint density at radius 3 is 1.39 bits per heavy atom. The lowest BCUT2D eigenvalue weighted by atomic mass is 10.2. The summed E-state index contributed by atoms with van der Waals surface area (Å²) in [6.07, 6.45) is 0. The molecule has 0 atom stereocenters. The number of phosphoric ester groups is 1. The van der Waals surface area contributed by atoms with Gasteiger partial charge in [0.25, 0.3) is 0 Å². The fourth-order valence-corrected chi connectivity index (χ4v) is 2.38. The summed E-state index contributed by atoms with van der Waals surface area (Å²) < 4.78 is 20.6. The second-order valence-corrected chi connectivity index (χ2v) is 6.26. The van der Waals surface area contributed by atoms with Crippen molar-refractivity contribution in [3.05, 3.63) is 70.8 Å². The van der Waals surface area contributed by atoms with E-state index in [1.807, 2.05) is 13.8 Å². The Hall–Kier alpha value is -2.43. The predicted octanol–water partition coefficient (Wildman–Crippen LogP) is 3.42. The molecule has 0 saturated carbocycles. The molecule has 0 spiro atoms. The number of benzene rings is 2. The Balaban J connectivity index is 2.05. The minimum atomic E-state index is -4.86. The number of carbonyl (C=O) groups excluding carboxylic acids is 2. The van der Waals surface area contributed by atoms with Crippen molar-refractivity contribution in [2.24, 2.45) is 0 Å². The molecule has 0 heterocycles. The normalized spacial score (nSPS) is 10.9. The van der Waals surface area contributed by atoms with Crippen molar-refractivity contribution in [3.8, 4) is 0 Å². The highest BCUT2D eigenvalue weighted by atomic mass is 31.2. The van der Waals surface area contributed by atoms with E-state index < -0.39 is 19.8 Å². The summed E-state index contributed by atoms with van der Waals surface area (Å²) in [6, 6.07) is 12.4. The van der Waals surface area contributed by atoms with Crippen LogP contribution in [0.2, 0.25) is 0 Å². The molecule has 7 heteroatoms. The minimum absolute atomic E-state index is 0.0799. The second-order valence-electron chi connectivity index (χ2n) is 4.96. The van der Waals surface area contributed by atoms with Gasteiger partial charge in [0.15, 0.2) is 0 Å². The Morgan fingerprint density at radius 1 is 0.783 bits per heavy atom. The van der Waals surface area contributed by atoms with Gasteiger partial charge in [-0.3, -0.25) is 4.89 Å². The topological polar surface area (TPSA) is 89.9 Å². The highest BCUT2D eigenvalue weighted by Crippen LogP contribution is 2.44. The Kier molecular flexibility index (Phi) is 4.98. The molecule has 0 aromatic heterocycles. The first-order valence-electron chi connectivity index (χ1n) is 6.71. The van der Waals surface area contributed by atoms with E-state index in [9.17, 15) is 19.0 Å². The van der Waals surface area contributed by atoms with E-state index in [4.69, 9.17) is 0 Å². The van der Waals surface area contributed by atoms with Crippen LogP contribution in [0.15, 0.2) is 48.5 Å². The largest absolute Gasteiger partial charge is 0.589 e. The molecule has 6 nitrogen and oxygen atoms in total. The molecule has 1 N–H and O–H groups in total. The summed E-state index contributed by atoms with van der Waals surface area (Å²) in [4.78, 5) is 33.1. The van der Waals surface area contributed by atoms with Crippen molar-refractivity contribution < 1.29 is 28.1 Å². The number of aryl methyl sites for hydroxylation is 2. The predicted molar refractivity (Wildman–Crippen MR) is 83.0 cm³/mol. The van der Waals surface area contributed by atoms with Crippen molar-refractivity contribution in [2.45, 2.75) is 13.8 Å². The Bertz CT molecular complexity index is 701. The number of phosphoric acid groups is 1. The lowest BCUT2D eigenvalue weighted by molar-refractivity contribution is 0.0566. The molecule has 2 aromatic carbocycles. The van der Waals surface area contributed by atoms with Crippen LogP contribution in [-0.4, -0.2) is 16.8 Å². The van der Waals surface area contributed by atoms with Crippen molar-refractivity contribution in [2.75, 3.05) is 0 Å². The first-order chi connectivity index (χ1) is 10.8. The fraction of sp³-hybridized carbons (Fsp3) is 0.125. The summed E-state index contributed by atoms with van der Waals surface area (Å²) in [6.45, 7) is 3.66. The zero-order chi connectivity index (χ0) is 17.0. The molecule has 0 amide bonds. The van der Waals surface area contributed by atoms with Gasteiger partial charge in [0, 0.05) is 0 Å². The fourth-order valence-electron chi connectivity index (χ4n) is 1.71. The van der Waals surface area contributed by atoms with Crippen molar-refractivity contribution >= 4 is 19.8 Å². The van der Waals surface area contributed by atoms with Crippen molar-refractivity contribution in [3.63, 3.8) is 0 Å². The third-order valence-electron chi connectivity index (χ3n) is 2.97. The highest BCUT2D eigenvalue weighted by molar-refractivity contribution is 7.48. The molecule has 120 valence electrons. The molecule has 2 aromatic rings. The quantitative estimate of drug-likeness (QED) is 0.862. The van der Waals surface area contributed by atoms with Crippen LogP contribution in [0.3, 0.4) is 0 Å². The van der Waals surface area contributed by atoms with Gasteiger partial charge >= 0.3 is 19.8 Å². The maximum atomic E-state index is 11.8. The Labute approximate surface area is 133 Å². The van der Waals surface area contributed by atoms with E-state index in [2.05, 4.69) is 9.05 Å². The van der Waals surface area contributed by atoms with Gasteiger partial charge in [-0.05, 0) is 38.1 Å². The molecule has 0 bridgehead atoms. The summed E-state index contributed by atoms with van der Waals surface area (Å²) in [5.74, 6) is -2.10. The molecule has 0 radical (unpaired) electrons. The van der Waals surface area contributed by atoms with Gasteiger partial charge in [0.2, 0.25) is 0 Å². The third-order valence-corrected chi connectivity index (χ3v) is 3.76. The molecule has 0 aliphatic rings. The molecule has 0 saturated heterocycles. The molecular formula is C16H15O6P. The van der Waals surface area contributed by atoms with Crippen LogP contribution >= 0.6 is 7.82 Å². The monoisotopic (exact) mass is 334 g/mol. The number of rotatable bonds is 4. The SMILES string of the molecule is Cc1ccc(C(=O)OP(=O)(O)OC(=O)c2ccc(C)cc2)cc1. The van der Waals surface area contributed by atoms with Gasteiger partial charge in [0.05, 0.1) is 11.1 Å². The molecular weight excluding hydrogens is 319 g/mol. The molecule has 0 fully saturated rings. The van der Waals surface area contributed by atoms with Gasteiger partial charge in [-0.1, -0.05) is 35.4 Å². The standard InChI is InChI=1S/C16H15O6P/c1-11-3-7-13(8-4-11)15(17)21-23(19,20)22-16(18)14-9-5-12(2)6-10-14/h3-10H,1-2H3,(H,19,20). The van der Waals surface area contributed by atoms with Crippen molar-refractivity contribution in [1.29, 1.82) is 0 Å². The van der Waals surface area contributed by atoms with E-state index in [0.29, 0.717) is 0 Å². The first kappa shape index (κ1) is 16.9. The average Bonchev–Trinajstić information content (AvgIpc) is 2.47. The van der Waals surface area contributed by atoms with Crippen LogP contribution < -0.4 is 0 Å². The van der Waals surface area contributed by atoms with E-state index in [1.165, 1.54) is 24.3 Å². The highest BCUT2D eigenvalue weighted by Gasteiger charge is 2.31. The third kappa shape index (κ3) is 4.77. The summed E-state index contributed by atoms with van der Waals surface area (Å²) in [5, 5.41) is 0. The van der Waals surface area contributed by atoms with E-state index in [-0.39, 0.29) is 11.1 Å². The van der Waals surface area contributed by atoms with Crippen LogP contribution in [0.5, 0.6) is 0 Å². The van der Waals surface area contributed by atoms with Gasteiger partial charge in [-0.15, -0.1) is 0 Å². The summed E-state index contributed by atoms with van der Waals surface area (Å²) in [7, 11) is -4.86. The molecule has 0 aliphatic heterocycles. The lowest BCUT2D eigenvalue weighted by Crippen LogP contribution is -2.09. The molecule has 2 rings (SSSR count). The van der Waals surface area contributed by atoms with Crippen LogP contribution in [0.25, 0.3) is 0 Å². The Morgan fingerprint density at radius 2 is 1.09 bits per heavy atom. The average molecular weight is 334 g/mol. The second kappa shape index (κ2) is 6.77. The van der Waals surface area contributed by atoms with E-state index in [0.717, 1.165) is 11.1 Å². The van der Waals surface area contributed by atoms with E-state index >= 15 is 0 Å². The van der Waals surface area contributed by atoms with Gasteiger partial charge < -0.3 is 9.05 Å². The van der Waals surface area contributed by atoms with Crippen molar-refractivity contribution in [1.82, 2.24) is 0 Å². The van der Waals surface area contributed by atoms with Gasteiger partial charge in [0.1, 0.15) is 0 Å². The van der Waals surface area contributed by atoms with Crippen LogP contribution in [-0.2, 0) is 13.6 Å². The van der Waals surface area contributed by atoms with Crippen LogP contribution in [0, 0.1) is 13.8 Å². The van der Waals surface area contributed by atoms with Gasteiger partial charge in [-0.2, -0.15) is 0 Å². The number of hydrogen-bond donors (Lipinski definition) is 1. The molecule has 0 unspecified atom stereocenters. The minimum Gasteiger partial charge on any atom is -0.357 e. The first-order valence-corrected chi connectivity index (χ1v) is 8.20. The van der Waals surface area contributed by atoms with Gasteiger partial charge in [-0.25, -0.2) is 14.2 Å². The summed E-state index contributed by atoms with van der Waals surface area (Å²) >= 11 is 0. The zero-order valence-electron chi connectivity index (χ0n) is 12.6. The molecule has 23 heavy (non-hydrogen) atoms. The lowest BCUT2D eigenvalue weighted by Gasteiger charge is -2.11. The maximum absolute atomic E-state index is 11.8. The van der Waals surface area contributed by atoms with Crippen LogP contribution in [0.4, 0.5) is 0 Å². The maximum Gasteiger partial charge on any atom is 0.589 e. The van der Waals surface area contributed by atoms with E-state index in [1.54, 1.807) is 24.3 Å². The molecule has 0 aliphatic carbocycles. The summed E-state index contributed by atoms with van der Waals surface area (Å²) in [5.41, 5.74) is 1.99. The zero-order valence-corrected chi connectivity index (χ0v) is 13.4. The number of carbonyl (C=O) groups is 2. The number of hydrogen-bond acceptors (Lipinski definition) is 5.